The first-order valence-electron chi connectivity index (χ1n) is 4.84. The monoisotopic (exact) mass is 213 g/mol. The van der Waals surface area contributed by atoms with E-state index in [4.69, 9.17) is 5.73 Å². The van der Waals surface area contributed by atoms with Crippen LogP contribution < -0.4 is 5.73 Å². The summed E-state index contributed by atoms with van der Waals surface area (Å²) < 4.78 is 13.3. The van der Waals surface area contributed by atoms with E-state index in [0.717, 1.165) is 22.6 Å². The van der Waals surface area contributed by atoms with Crippen LogP contribution in [-0.2, 0) is 11.5 Å². The maximum absolute atomic E-state index is 13.3. The number of nitrogens with two attached hydrogens (primary N) is 1. The van der Waals surface area contributed by atoms with Gasteiger partial charge in [-0.15, -0.1) is 0 Å². The fourth-order valence-corrected chi connectivity index (χ4v) is 2.71. The Hall–Kier alpha value is -0.700. The summed E-state index contributed by atoms with van der Waals surface area (Å²) in [7, 11) is 0. The highest BCUT2D eigenvalue weighted by Gasteiger charge is 2.17. The number of thioether (sulfide) groups is 1. The quantitative estimate of drug-likeness (QED) is 0.668. The Kier molecular flexibility index (Phi) is 3.81. The van der Waals surface area contributed by atoms with Gasteiger partial charge in [0.15, 0.2) is 0 Å². The number of hydrogen-bond donors (Lipinski definition) is 1. The van der Waals surface area contributed by atoms with E-state index in [9.17, 15) is 4.39 Å². The number of rotatable bonds is 0. The standard InChI is InChI=1S/C9H10FNS.C2H6/c1-5-7-4-12-3-6(7)2-8(11)9(5)10;1-2/h2H,3-4,11H2,1H3;1-2H3. The average molecular weight is 213 g/mol. The minimum Gasteiger partial charge on any atom is -0.396 e. The lowest BCUT2D eigenvalue weighted by atomic mass is 10.0. The van der Waals surface area contributed by atoms with Gasteiger partial charge in [0.05, 0.1) is 5.69 Å². The van der Waals surface area contributed by atoms with E-state index >= 15 is 0 Å². The molecule has 0 spiro atoms. The van der Waals surface area contributed by atoms with Crippen LogP contribution in [0.3, 0.4) is 0 Å². The van der Waals surface area contributed by atoms with Gasteiger partial charge in [0.1, 0.15) is 5.82 Å². The maximum Gasteiger partial charge on any atom is 0.149 e. The van der Waals surface area contributed by atoms with Crippen molar-refractivity contribution in [3.05, 3.63) is 28.6 Å². The lowest BCUT2D eigenvalue weighted by Gasteiger charge is -2.06. The molecular formula is C11H16FNS. The minimum atomic E-state index is -0.240. The highest BCUT2D eigenvalue weighted by atomic mass is 32.2. The van der Waals surface area contributed by atoms with Crippen molar-refractivity contribution in [1.82, 2.24) is 0 Å². The van der Waals surface area contributed by atoms with Gasteiger partial charge in [-0.1, -0.05) is 13.8 Å². The molecule has 0 amide bonds. The van der Waals surface area contributed by atoms with Crippen LogP contribution in [0.5, 0.6) is 0 Å². The van der Waals surface area contributed by atoms with E-state index in [1.54, 1.807) is 13.0 Å². The number of nitrogen functional groups attached to an aromatic ring is 1. The smallest absolute Gasteiger partial charge is 0.149 e. The van der Waals surface area contributed by atoms with E-state index in [-0.39, 0.29) is 11.5 Å². The molecule has 2 rings (SSSR count). The summed E-state index contributed by atoms with van der Waals surface area (Å²) in [5.74, 6) is 1.66. The summed E-state index contributed by atoms with van der Waals surface area (Å²) in [6.45, 7) is 5.80. The van der Waals surface area contributed by atoms with Gasteiger partial charge in [0.25, 0.3) is 0 Å². The van der Waals surface area contributed by atoms with Crippen molar-refractivity contribution in [1.29, 1.82) is 0 Å². The van der Waals surface area contributed by atoms with Gasteiger partial charge < -0.3 is 5.73 Å². The van der Waals surface area contributed by atoms with Crippen LogP contribution in [0.15, 0.2) is 6.07 Å². The topological polar surface area (TPSA) is 26.0 Å². The molecule has 0 saturated carbocycles. The molecule has 1 heterocycles. The van der Waals surface area contributed by atoms with Crippen molar-refractivity contribution in [2.24, 2.45) is 0 Å². The van der Waals surface area contributed by atoms with Crippen LogP contribution in [0.25, 0.3) is 0 Å². The van der Waals surface area contributed by atoms with Crippen LogP contribution in [0.4, 0.5) is 10.1 Å². The maximum atomic E-state index is 13.3. The van der Waals surface area contributed by atoms with Crippen molar-refractivity contribution < 1.29 is 4.39 Å². The highest BCUT2D eigenvalue weighted by Crippen LogP contribution is 2.35. The molecule has 0 radical (unpaired) electrons. The predicted octanol–water partition coefficient (Wildman–Crippen LogP) is 3.49. The summed E-state index contributed by atoms with van der Waals surface area (Å²) >= 11 is 1.81. The van der Waals surface area contributed by atoms with Crippen LogP contribution in [0.2, 0.25) is 0 Å². The molecule has 1 aliphatic rings. The number of halogens is 1. The first kappa shape index (κ1) is 11.4. The molecule has 3 heteroatoms. The third-order valence-electron chi connectivity index (χ3n) is 2.26. The number of hydrogen-bond acceptors (Lipinski definition) is 2. The van der Waals surface area contributed by atoms with E-state index in [0.29, 0.717) is 0 Å². The highest BCUT2D eigenvalue weighted by molar-refractivity contribution is 7.98. The molecule has 0 saturated heterocycles. The predicted molar refractivity (Wildman–Crippen MR) is 61.9 cm³/mol. The molecule has 1 aliphatic heterocycles. The average Bonchev–Trinajstić information content (AvgIpc) is 2.65. The second-order valence-electron chi connectivity index (χ2n) is 3.04. The molecule has 0 atom stereocenters. The Labute approximate surface area is 88.9 Å². The molecule has 1 aromatic carbocycles. The Morgan fingerprint density at radius 3 is 2.64 bits per heavy atom. The molecule has 0 unspecified atom stereocenters. The zero-order valence-electron chi connectivity index (χ0n) is 8.86. The first-order chi connectivity index (χ1) is 6.70. The van der Waals surface area contributed by atoms with Crippen molar-refractivity contribution in [3.8, 4) is 0 Å². The van der Waals surface area contributed by atoms with Gasteiger partial charge in [-0.2, -0.15) is 11.8 Å². The molecule has 1 nitrogen and oxygen atoms in total. The van der Waals surface area contributed by atoms with Crippen molar-refractivity contribution in [2.75, 3.05) is 5.73 Å². The molecule has 0 fully saturated rings. The zero-order chi connectivity index (χ0) is 10.7. The summed E-state index contributed by atoms with van der Waals surface area (Å²) in [4.78, 5) is 0. The third-order valence-corrected chi connectivity index (χ3v) is 3.26. The Bertz CT molecular complexity index is 337. The molecule has 0 bridgehead atoms. The normalized spacial score (nSPS) is 13.1. The summed E-state index contributed by atoms with van der Waals surface area (Å²) in [6, 6.07) is 1.76. The van der Waals surface area contributed by atoms with Gasteiger partial charge in [0, 0.05) is 11.5 Å². The van der Waals surface area contributed by atoms with Gasteiger partial charge in [-0.25, -0.2) is 4.39 Å². The van der Waals surface area contributed by atoms with Gasteiger partial charge in [-0.3, -0.25) is 0 Å². The minimum absolute atomic E-state index is 0.240. The van der Waals surface area contributed by atoms with Crippen LogP contribution in [0.1, 0.15) is 30.5 Å². The van der Waals surface area contributed by atoms with Crippen molar-refractivity contribution in [3.63, 3.8) is 0 Å². The van der Waals surface area contributed by atoms with E-state index in [1.807, 2.05) is 25.6 Å². The largest absolute Gasteiger partial charge is 0.396 e. The van der Waals surface area contributed by atoms with Crippen molar-refractivity contribution >= 4 is 17.4 Å². The molecule has 14 heavy (non-hydrogen) atoms. The number of anilines is 1. The fourth-order valence-electron chi connectivity index (χ4n) is 1.52. The van der Waals surface area contributed by atoms with E-state index in [1.165, 1.54) is 5.56 Å². The molecule has 78 valence electrons. The Balaban J connectivity index is 0.000000461. The number of fused-ring (bicyclic) bond motifs is 1. The van der Waals surface area contributed by atoms with Crippen LogP contribution in [0, 0.1) is 12.7 Å². The molecule has 2 N–H and O–H groups in total. The Morgan fingerprint density at radius 2 is 2.00 bits per heavy atom. The molecule has 1 aromatic rings. The first-order valence-corrected chi connectivity index (χ1v) is 5.99. The van der Waals surface area contributed by atoms with E-state index in [2.05, 4.69) is 0 Å². The molecule has 0 aromatic heterocycles. The Morgan fingerprint density at radius 1 is 1.36 bits per heavy atom. The lowest BCUT2D eigenvalue weighted by Crippen LogP contribution is -1.98. The van der Waals surface area contributed by atoms with E-state index < -0.39 is 0 Å². The van der Waals surface area contributed by atoms with Gasteiger partial charge in [0.2, 0.25) is 0 Å². The lowest BCUT2D eigenvalue weighted by molar-refractivity contribution is 0.621. The second-order valence-corrected chi connectivity index (χ2v) is 4.02. The van der Waals surface area contributed by atoms with Crippen molar-refractivity contribution in [2.45, 2.75) is 32.3 Å². The van der Waals surface area contributed by atoms with Crippen LogP contribution in [-0.4, -0.2) is 0 Å². The zero-order valence-corrected chi connectivity index (χ0v) is 9.67. The third kappa shape index (κ3) is 1.87. The van der Waals surface area contributed by atoms with Gasteiger partial charge in [-0.05, 0) is 29.7 Å². The van der Waals surface area contributed by atoms with Gasteiger partial charge >= 0.3 is 0 Å². The molecule has 0 aliphatic carbocycles. The second kappa shape index (κ2) is 4.69. The fraction of sp³-hybridized carbons (Fsp3) is 0.455. The summed E-state index contributed by atoms with van der Waals surface area (Å²) in [6.07, 6.45) is 0. The SMILES string of the molecule is CC.Cc1c(F)c(N)cc2c1CSC2. The summed E-state index contributed by atoms with van der Waals surface area (Å²) in [5, 5.41) is 0. The molecular weight excluding hydrogens is 197 g/mol. The number of benzene rings is 1. The van der Waals surface area contributed by atoms with Crippen LogP contribution >= 0.6 is 11.8 Å². The summed E-state index contributed by atoms with van der Waals surface area (Å²) in [5.41, 5.74) is 8.88.